The molecule has 0 spiro atoms. The molecule has 0 saturated carbocycles. The number of hydrogen-bond donors (Lipinski definition) is 0. The lowest BCUT2D eigenvalue weighted by Crippen LogP contribution is -1.90. The lowest BCUT2D eigenvalue weighted by atomic mass is 10.1. The topological polar surface area (TPSA) is 23.8 Å². The molecule has 1 nitrogen and oxygen atoms in total. The zero-order valence-electron chi connectivity index (χ0n) is 6.56. The summed E-state index contributed by atoms with van der Waals surface area (Å²) in [7, 11) is 0. The van der Waals surface area contributed by atoms with Crippen LogP contribution in [-0.4, -0.2) is 0 Å². The average molecular weight is 292 g/mol. The van der Waals surface area contributed by atoms with Gasteiger partial charge in [-0.2, -0.15) is 5.26 Å². The molecule has 0 amide bonds. The van der Waals surface area contributed by atoms with E-state index in [2.05, 4.69) is 35.6 Å². The van der Waals surface area contributed by atoms with Crippen molar-refractivity contribution in [3.63, 3.8) is 0 Å². The Kier molecular flexibility index (Phi) is 3.36. The average Bonchev–Trinajstić information content (AvgIpc) is 2.08. The minimum Gasteiger partial charge on any atom is -0.192 e. The fourth-order valence-electron chi connectivity index (χ4n) is 0.984. The van der Waals surface area contributed by atoms with Crippen LogP contribution in [0.3, 0.4) is 0 Å². The summed E-state index contributed by atoms with van der Waals surface area (Å²) in [6, 6.07) is 5.72. The molecule has 62 valence electrons. The molecule has 0 aliphatic carbocycles. The molecular formula is C9H7ClIN. The van der Waals surface area contributed by atoms with E-state index in [1.807, 2.05) is 6.07 Å². The van der Waals surface area contributed by atoms with E-state index in [0.29, 0.717) is 10.6 Å². The summed E-state index contributed by atoms with van der Waals surface area (Å²) in [5.74, 6) is 0. The molecule has 3 heteroatoms. The molecule has 0 aliphatic heterocycles. The summed E-state index contributed by atoms with van der Waals surface area (Å²) in [6.45, 7) is 2.05. The highest BCUT2D eigenvalue weighted by Crippen LogP contribution is 2.22. The fourth-order valence-corrected chi connectivity index (χ4v) is 2.04. The van der Waals surface area contributed by atoms with Crippen molar-refractivity contribution in [1.29, 1.82) is 5.26 Å². The summed E-state index contributed by atoms with van der Waals surface area (Å²) in [5.41, 5.74) is 1.81. The van der Waals surface area contributed by atoms with Crippen molar-refractivity contribution in [2.75, 3.05) is 0 Å². The van der Waals surface area contributed by atoms with E-state index in [0.717, 1.165) is 15.6 Å². The van der Waals surface area contributed by atoms with Gasteiger partial charge in [-0.25, -0.2) is 0 Å². The number of benzene rings is 1. The molecular weight excluding hydrogens is 284 g/mol. The first-order chi connectivity index (χ1) is 5.69. The molecule has 12 heavy (non-hydrogen) atoms. The number of rotatable bonds is 1. The maximum absolute atomic E-state index is 8.75. The van der Waals surface area contributed by atoms with E-state index in [9.17, 15) is 0 Å². The van der Waals surface area contributed by atoms with Crippen molar-refractivity contribution in [3.05, 3.63) is 31.9 Å². The molecule has 0 heterocycles. The van der Waals surface area contributed by atoms with Crippen molar-refractivity contribution < 1.29 is 0 Å². The van der Waals surface area contributed by atoms with Crippen molar-refractivity contribution in [1.82, 2.24) is 0 Å². The van der Waals surface area contributed by atoms with Gasteiger partial charge in [0.05, 0.1) is 5.56 Å². The van der Waals surface area contributed by atoms with Gasteiger partial charge >= 0.3 is 0 Å². The fraction of sp³-hybridized carbons (Fsp3) is 0.222. The number of hydrogen-bond acceptors (Lipinski definition) is 1. The van der Waals surface area contributed by atoms with Crippen LogP contribution >= 0.6 is 34.2 Å². The van der Waals surface area contributed by atoms with Crippen molar-refractivity contribution in [2.24, 2.45) is 0 Å². The third-order valence-electron chi connectivity index (χ3n) is 1.61. The summed E-state index contributed by atoms with van der Waals surface area (Å²) in [4.78, 5) is 0. The van der Waals surface area contributed by atoms with Gasteiger partial charge in [-0.1, -0.05) is 18.5 Å². The summed E-state index contributed by atoms with van der Waals surface area (Å²) < 4.78 is 1.02. The molecule has 0 bridgehead atoms. The number of halogens is 2. The molecule has 1 aromatic rings. The molecule has 0 aromatic heterocycles. The van der Waals surface area contributed by atoms with Crippen LogP contribution < -0.4 is 0 Å². The van der Waals surface area contributed by atoms with Gasteiger partial charge in [-0.15, -0.1) is 0 Å². The molecule has 1 rings (SSSR count). The first-order valence-corrected chi connectivity index (χ1v) is 5.02. The van der Waals surface area contributed by atoms with Crippen molar-refractivity contribution >= 4 is 34.2 Å². The summed E-state index contributed by atoms with van der Waals surface area (Å²) in [5, 5.41) is 9.39. The molecule has 0 N–H and O–H groups in total. The third kappa shape index (κ3) is 1.90. The highest BCUT2D eigenvalue weighted by atomic mass is 127. The smallest absolute Gasteiger partial charge is 0.100 e. The van der Waals surface area contributed by atoms with Gasteiger partial charge in [-0.05, 0) is 46.7 Å². The van der Waals surface area contributed by atoms with Crippen LogP contribution in [0.1, 0.15) is 18.1 Å². The van der Waals surface area contributed by atoms with Crippen LogP contribution in [0, 0.1) is 14.9 Å². The molecule has 0 fully saturated rings. The largest absolute Gasteiger partial charge is 0.192 e. The Labute approximate surface area is 90.5 Å². The normalized spacial score (nSPS) is 9.50. The third-order valence-corrected chi connectivity index (χ3v) is 3.11. The van der Waals surface area contributed by atoms with Crippen molar-refractivity contribution in [3.8, 4) is 6.07 Å². The van der Waals surface area contributed by atoms with Crippen molar-refractivity contribution in [2.45, 2.75) is 13.3 Å². The highest BCUT2D eigenvalue weighted by Gasteiger charge is 2.05. The zero-order chi connectivity index (χ0) is 9.14. The SMILES string of the molecule is CCc1cc(Cl)cc(C#N)c1I. The molecule has 0 unspecified atom stereocenters. The van der Waals surface area contributed by atoms with Crippen LogP contribution in [0.25, 0.3) is 0 Å². The van der Waals surface area contributed by atoms with E-state index in [-0.39, 0.29) is 0 Å². The summed E-state index contributed by atoms with van der Waals surface area (Å²) in [6.07, 6.45) is 0.910. The Morgan fingerprint density at radius 1 is 1.58 bits per heavy atom. The maximum Gasteiger partial charge on any atom is 0.100 e. The minimum absolute atomic E-state index is 0.642. The van der Waals surface area contributed by atoms with Gasteiger partial charge in [0.25, 0.3) is 0 Å². The lowest BCUT2D eigenvalue weighted by Gasteiger charge is -2.03. The summed E-state index contributed by atoms with van der Waals surface area (Å²) >= 11 is 8.00. The second-order valence-electron chi connectivity index (χ2n) is 2.39. The van der Waals surface area contributed by atoms with E-state index >= 15 is 0 Å². The number of aryl methyl sites for hydroxylation is 1. The van der Waals surface area contributed by atoms with Crippen LogP contribution in [0.15, 0.2) is 12.1 Å². The standard InChI is InChI=1S/C9H7ClIN/c1-2-6-3-8(10)4-7(5-12)9(6)11/h3-4H,2H2,1H3. The second-order valence-corrected chi connectivity index (χ2v) is 3.91. The first-order valence-electron chi connectivity index (χ1n) is 3.57. The molecule has 0 atom stereocenters. The van der Waals surface area contributed by atoms with E-state index in [1.54, 1.807) is 6.07 Å². The lowest BCUT2D eigenvalue weighted by molar-refractivity contribution is 1.12. The number of nitrogens with zero attached hydrogens (tertiary/aromatic N) is 1. The Morgan fingerprint density at radius 3 is 2.75 bits per heavy atom. The van der Waals surface area contributed by atoms with Gasteiger partial charge < -0.3 is 0 Å². The van der Waals surface area contributed by atoms with Gasteiger partial charge in [0.15, 0.2) is 0 Å². The maximum atomic E-state index is 8.75. The van der Waals surface area contributed by atoms with E-state index in [1.165, 1.54) is 0 Å². The minimum atomic E-state index is 0.642. The van der Waals surface area contributed by atoms with Gasteiger partial charge in [0.2, 0.25) is 0 Å². The molecule has 0 radical (unpaired) electrons. The Bertz CT molecular complexity index is 341. The molecule has 0 saturated heterocycles. The van der Waals surface area contributed by atoms with Gasteiger partial charge in [0.1, 0.15) is 6.07 Å². The van der Waals surface area contributed by atoms with Crippen LogP contribution in [-0.2, 0) is 6.42 Å². The van der Waals surface area contributed by atoms with E-state index in [4.69, 9.17) is 16.9 Å². The quantitative estimate of drug-likeness (QED) is 0.728. The Hall–Kier alpha value is -0.270. The predicted octanol–water partition coefficient (Wildman–Crippen LogP) is 3.38. The van der Waals surface area contributed by atoms with E-state index < -0.39 is 0 Å². The molecule has 0 aliphatic rings. The zero-order valence-corrected chi connectivity index (χ0v) is 9.48. The van der Waals surface area contributed by atoms with Crippen LogP contribution in [0.4, 0.5) is 0 Å². The van der Waals surface area contributed by atoms with Gasteiger partial charge in [0, 0.05) is 8.59 Å². The second kappa shape index (κ2) is 4.11. The molecule has 1 aromatic carbocycles. The highest BCUT2D eigenvalue weighted by molar-refractivity contribution is 14.1. The Morgan fingerprint density at radius 2 is 2.25 bits per heavy atom. The predicted molar refractivity (Wildman–Crippen MR) is 58.3 cm³/mol. The van der Waals surface area contributed by atoms with Crippen LogP contribution in [0.2, 0.25) is 5.02 Å². The monoisotopic (exact) mass is 291 g/mol. The number of nitriles is 1. The first kappa shape index (κ1) is 9.82. The van der Waals surface area contributed by atoms with Crippen LogP contribution in [0.5, 0.6) is 0 Å². The Balaban J connectivity index is 3.34. The van der Waals surface area contributed by atoms with Gasteiger partial charge in [-0.3, -0.25) is 0 Å².